The molecule has 1 saturated carbocycles. The first kappa shape index (κ1) is 11.6. The fourth-order valence-electron chi connectivity index (χ4n) is 1.84. The lowest BCUT2D eigenvalue weighted by Crippen LogP contribution is -2.28. The lowest BCUT2D eigenvalue weighted by Gasteiger charge is -2.11. The van der Waals surface area contributed by atoms with E-state index in [0.717, 1.165) is 12.2 Å². The summed E-state index contributed by atoms with van der Waals surface area (Å²) in [5.41, 5.74) is 6.32. The largest absolute Gasteiger partial charge is 0.339 e. The van der Waals surface area contributed by atoms with Crippen molar-refractivity contribution in [3.63, 3.8) is 0 Å². The number of aromatic nitrogens is 2. The average Bonchev–Trinajstić information content (AvgIpc) is 2.60. The third-order valence-electron chi connectivity index (χ3n) is 3.58. The van der Waals surface area contributed by atoms with Crippen LogP contribution in [0.2, 0.25) is 0 Å². The molecule has 0 aromatic carbocycles. The smallest absolute Gasteiger partial charge is 0.228 e. The summed E-state index contributed by atoms with van der Waals surface area (Å²) in [4.78, 5) is 4.43. The van der Waals surface area contributed by atoms with E-state index in [1.54, 1.807) is 0 Å². The molecular weight excluding hydrogens is 202 g/mol. The highest BCUT2D eigenvalue weighted by molar-refractivity contribution is 5.14. The monoisotopic (exact) mass is 223 g/mol. The maximum absolute atomic E-state index is 5.98. The molecular formula is C12H21N3O. The van der Waals surface area contributed by atoms with Gasteiger partial charge in [-0.2, -0.15) is 4.98 Å². The van der Waals surface area contributed by atoms with Gasteiger partial charge in [-0.1, -0.05) is 32.9 Å². The zero-order valence-electron chi connectivity index (χ0n) is 10.5. The van der Waals surface area contributed by atoms with Gasteiger partial charge in [-0.25, -0.2) is 0 Å². The molecule has 0 amide bonds. The number of rotatable bonds is 4. The first-order valence-corrected chi connectivity index (χ1v) is 5.98. The second kappa shape index (κ2) is 3.84. The number of hydrogen-bond acceptors (Lipinski definition) is 4. The number of nitrogens with two attached hydrogens (primary N) is 1. The fourth-order valence-corrected chi connectivity index (χ4v) is 1.84. The lowest BCUT2D eigenvalue weighted by molar-refractivity contribution is 0.348. The van der Waals surface area contributed by atoms with Gasteiger partial charge in [0.05, 0.1) is 0 Å². The molecule has 0 spiro atoms. The zero-order valence-corrected chi connectivity index (χ0v) is 10.5. The Kier molecular flexibility index (Phi) is 2.78. The van der Waals surface area contributed by atoms with Crippen molar-refractivity contribution in [3.05, 3.63) is 11.7 Å². The van der Waals surface area contributed by atoms with Crippen molar-refractivity contribution in [1.29, 1.82) is 0 Å². The summed E-state index contributed by atoms with van der Waals surface area (Å²) in [7, 11) is 0. The van der Waals surface area contributed by atoms with Crippen LogP contribution >= 0.6 is 0 Å². The highest BCUT2D eigenvalue weighted by Crippen LogP contribution is 2.57. The normalized spacial score (nSPS) is 24.8. The van der Waals surface area contributed by atoms with Crippen molar-refractivity contribution >= 4 is 0 Å². The molecule has 0 aliphatic heterocycles. The minimum Gasteiger partial charge on any atom is -0.339 e. The van der Waals surface area contributed by atoms with Crippen LogP contribution in [0.1, 0.15) is 51.7 Å². The maximum atomic E-state index is 5.98. The molecule has 2 atom stereocenters. The number of nitrogens with zero attached hydrogens (tertiary/aromatic N) is 2. The van der Waals surface area contributed by atoms with Crippen molar-refractivity contribution in [2.24, 2.45) is 17.1 Å². The Hall–Kier alpha value is -0.900. The van der Waals surface area contributed by atoms with Crippen LogP contribution in [0.25, 0.3) is 0 Å². The summed E-state index contributed by atoms with van der Waals surface area (Å²) < 4.78 is 5.24. The molecule has 1 aliphatic rings. The van der Waals surface area contributed by atoms with Gasteiger partial charge in [0.15, 0.2) is 5.82 Å². The maximum Gasteiger partial charge on any atom is 0.228 e. The summed E-state index contributed by atoms with van der Waals surface area (Å²) >= 11 is 0. The summed E-state index contributed by atoms with van der Waals surface area (Å²) in [5.74, 6) is 2.45. The first-order valence-electron chi connectivity index (χ1n) is 5.98. The fraction of sp³-hybridized carbons (Fsp3) is 0.833. The van der Waals surface area contributed by atoms with Crippen LogP contribution in [-0.4, -0.2) is 16.2 Å². The Morgan fingerprint density at radius 1 is 1.50 bits per heavy atom. The molecule has 1 aromatic heterocycles. The second-order valence-corrected chi connectivity index (χ2v) is 5.90. The van der Waals surface area contributed by atoms with Crippen LogP contribution in [0.5, 0.6) is 0 Å². The van der Waals surface area contributed by atoms with E-state index in [-0.39, 0.29) is 6.04 Å². The van der Waals surface area contributed by atoms with Crippen molar-refractivity contribution in [2.75, 3.05) is 0 Å². The molecule has 1 fully saturated rings. The van der Waals surface area contributed by atoms with Gasteiger partial charge in [0.2, 0.25) is 5.89 Å². The Balaban J connectivity index is 1.98. The van der Waals surface area contributed by atoms with Crippen molar-refractivity contribution in [2.45, 2.75) is 52.5 Å². The molecule has 0 saturated heterocycles. The quantitative estimate of drug-likeness (QED) is 0.849. The molecule has 2 unspecified atom stereocenters. The van der Waals surface area contributed by atoms with Crippen LogP contribution in [0.15, 0.2) is 4.52 Å². The van der Waals surface area contributed by atoms with Crippen LogP contribution in [0, 0.1) is 11.3 Å². The SMILES string of the molecule is CC(C)C(N)Cc1nc(C2CC2(C)C)no1. The molecule has 4 heteroatoms. The molecule has 1 aliphatic carbocycles. The van der Waals surface area contributed by atoms with E-state index in [1.807, 2.05) is 0 Å². The third-order valence-corrected chi connectivity index (χ3v) is 3.58. The first-order chi connectivity index (χ1) is 7.40. The lowest BCUT2D eigenvalue weighted by atomic mass is 10.0. The Bertz CT molecular complexity index is 370. The van der Waals surface area contributed by atoms with Crippen LogP contribution in [-0.2, 0) is 6.42 Å². The van der Waals surface area contributed by atoms with Gasteiger partial charge in [0, 0.05) is 18.4 Å². The predicted octanol–water partition coefficient (Wildman–Crippen LogP) is 2.11. The van der Waals surface area contributed by atoms with Gasteiger partial charge in [0.1, 0.15) is 0 Å². The van der Waals surface area contributed by atoms with Crippen molar-refractivity contribution in [3.8, 4) is 0 Å². The van der Waals surface area contributed by atoms with E-state index in [1.165, 1.54) is 0 Å². The molecule has 1 aromatic rings. The van der Waals surface area contributed by atoms with Crippen LogP contribution in [0.4, 0.5) is 0 Å². The second-order valence-electron chi connectivity index (χ2n) is 5.90. The summed E-state index contributed by atoms with van der Waals surface area (Å²) in [6.07, 6.45) is 1.83. The van der Waals surface area contributed by atoms with Gasteiger partial charge in [-0.15, -0.1) is 0 Å². The van der Waals surface area contributed by atoms with Crippen molar-refractivity contribution < 1.29 is 4.52 Å². The van der Waals surface area contributed by atoms with Crippen LogP contribution in [0.3, 0.4) is 0 Å². The molecule has 16 heavy (non-hydrogen) atoms. The average molecular weight is 223 g/mol. The minimum atomic E-state index is 0.0977. The van der Waals surface area contributed by atoms with E-state index in [4.69, 9.17) is 10.3 Å². The molecule has 4 nitrogen and oxygen atoms in total. The molecule has 2 rings (SSSR count). The number of hydrogen-bond donors (Lipinski definition) is 1. The highest BCUT2D eigenvalue weighted by atomic mass is 16.5. The molecule has 0 bridgehead atoms. The van der Waals surface area contributed by atoms with E-state index in [2.05, 4.69) is 37.8 Å². The van der Waals surface area contributed by atoms with Crippen LogP contribution < -0.4 is 5.73 Å². The Labute approximate surface area is 96.6 Å². The Morgan fingerprint density at radius 2 is 2.12 bits per heavy atom. The van der Waals surface area contributed by atoms with Gasteiger partial charge < -0.3 is 10.3 Å². The Morgan fingerprint density at radius 3 is 2.62 bits per heavy atom. The van der Waals surface area contributed by atoms with Gasteiger partial charge in [-0.3, -0.25) is 0 Å². The topological polar surface area (TPSA) is 64.9 Å². The van der Waals surface area contributed by atoms with Gasteiger partial charge >= 0.3 is 0 Å². The molecule has 90 valence electrons. The zero-order chi connectivity index (χ0) is 11.9. The third kappa shape index (κ3) is 2.26. The van der Waals surface area contributed by atoms with E-state index in [0.29, 0.717) is 29.6 Å². The molecule has 2 N–H and O–H groups in total. The molecule has 0 radical (unpaired) electrons. The minimum absolute atomic E-state index is 0.0977. The standard InChI is InChI=1S/C12H21N3O/c1-7(2)9(13)5-10-14-11(15-16-10)8-6-12(8,3)4/h7-9H,5-6,13H2,1-4H3. The summed E-state index contributed by atoms with van der Waals surface area (Å²) in [6.45, 7) is 8.67. The van der Waals surface area contributed by atoms with Crippen molar-refractivity contribution in [1.82, 2.24) is 10.1 Å². The summed E-state index contributed by atoms with van der Waals surface area (Å²) in [6, 6.07) is 0.0977. The predicted molar refractivity (Wildman–Crippen MR) is 62.0 cm³/mol. The van der Waals surface area contributed by atoms with E-state index >= 15 is 0 Å². The van der Waals surface area contributed by atoms with E-state index in [9.17, 15) is 0 Å². The highest BCUT2D eigenvalue weighted by Gasteiger charge is 2.49. The summed E-state index contributed by atoms with van der Waals surface area (Å²) in [5, 5.41) is 4.04. The van der Waals surface area contributed by atoms with Gasteiger partial charge in [-0.05, 0) is 17.8 Å². The van der Waals surface area contributed by atoms with Gasteiger partial charge in [0.25, 0.3) is 0 Å². The molecule has 1 heterocycles. The van der Waals surface area contributed by atoms with E-state index < -0.39 is 0 Å².